The first-order valence-electron chi connectivity index (χ1n) is 7.38. The van der Waals surface area contributed by atoms with Crippen LogP contribution < -0.4 is 0 Å². The largest absolute Gasteiger partial charge is 0.386 e. The topological polar surface area (TPSA) is 55.9 Å². The molecule has 1 N–H and O–H groups in total. The third kappa shape index (κ3) is 2.45. The van der Waals surface area contributed by atoms with E-state index in [1.807, 2.05) is 34.5 Å². The van der Waals surface area contributed by atoms with Crippen LogP contribution in [0.25, 0.3) is 10.9 Å². The van der Waals surface area contributed by atoms with Gasteiger partial charge in [-0.05, 0) is 26.0 Å². The van der Waals surface area contributed by atoms with E-state index in [0.717, 1.165) is 35.4 Å². The van der Waals surface area contributed by atoms with E-state index >= 15 is 0 Å². The van der Waals surface area contributed by atoms with Gasteiger partial charge in [-0.2, -0.15) is 10.2 Å². The molecule has 0 aliphatic rings. The van der Waals surface area contributed by atoms with Gasteiger partial charge in [-0.3, -0.25) is 9.36 Å². The monoisotopic (exact) mass is 284 g/mol. The smallest absolute Gasteiger partial charge is 0.101 e. The standard InChI is InChI=1S/C16H20N4O/c1-3-19-15(9-10-17-19)16(21)11-13-12-7-5-6-8-14(12)20(4-2)18-13/h5-10,16,21H,3-4,11H2,1-2H3. The lowest BCUT2D eigenvalue weighted by molar-refractivity contribution is 0.166. The lowest BCUT2D eigenvalue weighted by Crippen LogP contribution is -2.10. The van der Waals surface area contributed by atoms with Crippen molar-refractivity contribution in [2.24, 2.45) is 0 Å². The highest BCUT2D eigenvalue weighted by Gasteiger charge is 2.17. The Morgan fingerprint density at radius 3 is 2.62 bits per heavy atom. The molecule has 2 aromatic heterocycles. The van der Waals surface area contributed by atoms with Crippen LogP contribution in [0.2, 0.25) is 0 Å². The number of nitrogens with zero attached hydrogens (tertiary/aromatic N) is 4. The molecule has 0 spiro atoms. The van der Waals surface area contributed by atoms with Crippen LogP contribution in [0.4, 0.5) is 0 Å². The molecule has 2 heterocycles. The molecule has 0 bridgehead atoms. The molecule has 0 fully saturated rings. The molecule has 0 radical (unpaired) electrons. The van der Waals surface area contributed by atoms with Crippen LogP contribution in [-0.4, -0.2) is 24.7 Å². The lowest BCUT2D eigenvalue weighted by atomic mass is 10.1. The first-order chi connectivity index (χ1) is 10.2. The molecule has 0 aliphatic carbocycles. The predicted octanol–water partition coefficient (Wildman–Crippen LogP) is 2.55. The van der Waals surface area contributed by atoms with E-state index in [4.69, 9.17) is 0 Å². The highest BCUT2D eigenvalue weighted by Crippen LogP contribution is 2.24. The molecule has 21 heavy (non-hydrogen) atoms. The van der Waals surface area contributed by atoms with E-state index in [1.165, 1.54) is 0 Å². The van der Waals surface area contributed by atoms with Crippen molar-refractivity contribution in [2.45, 2.75) is 39.5 Å². The molecule has 1 unspecified atom stereocenters. The molecule has 5 nitrogen and oxygen atoms in total. The Morgan fingerprint density at radius 1 is 1.10 bits per heavy atom. The maximum atomic E-state index is 10.5. The van der Waals surface area contributed by atoms with Crippen LogP contribution in [0, 0.1) is 0 Å². The molecule has 3 rings (SSSR count). The van der Waals surface area contributed by atoms with E-state index in [1.54, 1.807) is 6.20 Å². The van der Waals surface area contributed by atoms with Gasteiger partial charge in [0.1, 0.15) is 6.10 Å². The average molecular weight is 284 g/mol. The third-order valence-electron chi connectivity index (χ3n) is 3.81. The zero-order chi connectivity index (χ0) is 14.8. The minimum Gasteiger partial charge on any atom is -0.386 e. The summed E-state index contributed by atoms with van der Waals surface area (Å²) < 4.78 is 3.80. The second kappa shape index (κ2) is 5.69. The number of hydrogen-bond acceptors (Lipinski definition) is 3. The third-order valence-corrected chi connectivity index (χ3v) is 3.81. The van der Waals surface area contributed by atoms with Crippen molar-refractivity contribution in [1.29, 1.82) is 0 Å². The van der Waals surface area contributed by atoms with Crippen LogP contribution in [0.15, 0.2) is 36.5 Å². The predicted molar refractivity (Wildman–Crippen MR) is 82.0 cm³/mol. The van der Waals surface area contributed by atoms with Crippen molar-refractivity contribution in [3.8, 4) is 0 Å². The molecule has 0 saturated heterocycles. The Bertz CT molecular complexity index is 744. The molecule has 0 amide bonds. The number of benzene rings is 1. The van der Waals surface area contributed by atoms with Crippen LogP contribution >= 0.6 is 0 Å². The maximum absolute atomic E-state index is 10.5. The summed E-state index contributed by atoms with van der Waals surface area (Å²) in [4.78, 5) is 0. The maximum Gasteiger partial charge on any atom is 0.101 e. The van der Waals surface area contributed by atoms with Crippen molar-refractivity contribution < 1.29 is 5.11 Å². The van der Waals surface area contributed by atoms with Crippen LogP contribution in [0.5, 0.6) is 0 Å². The number of aryl methyl sites for hydroxylation is 2. The molecule has 0 aliphatic heterocycles. The summed E-state index contributed by atoms with van der Waals surface area (Å²) in [5, 5.41) is 20.5. The average Bonchev–Trinajstić information content (AvgIpc) is 3.12. The molecule has 5 heteroatoms. The van der Waals surface area contributed by atoms with E-state index in [-0.39, 0.29) is 0 Å². The second-order valence-electron chi connectivity index (χ2n) is 5.07. The SMILES string of the molecule is CCn1nccc1C(O)Cc1nn(CC)c2ccccc12. The van der Waals surface area contributed by atoms with Gasteiger partial charge in [-0.25, -0.2) is 0 Å². The normalized spacial score (nSPS) is 12.9. The van der Waals surface area contributed by atoms with Gasteiger partial charge in [0.2, 0.25) is 0 Å². The van der Waals surface area contributed by atoms with E-state index < -0.39 is 6.10 Å². The summed E-state index contributed by atoms with van der Waals surface area (Å²) in [7, 11) is 0. The number of aromatic nitrogens is 4. The van der Waals surface area contributed by atoms with Gasteiger partial charge < -0.3 is 5.11 Å². The second-order valence-corrected chi connectivity index (χ2v) is 5.07. The van der Waals surface area contributed by atoms with E-state index in [9.17, 15) is 5.11 Å². The summed E-state index contributed by atoms with van der Waals surface area (Å²) >= 11 is 0. The van der Waals surface area contributed by atoms with Crippen LogP contribution in [0.3, 0.4) is 0 Å². The summed E-state index contributed by atoms with van der Waals surface area (Å²) in [5.74, 6) is 0. The fraction of sp³-hybridized carbons (Fsp3) is 0.375. The fourth-order valence-electron chi connectivity index (χ4n) is 2.77. The Balaban J connectivity index is 1.95. The van der Waals surface area contributed by atoms with E-state index in [2.05, 4.69) is 29.3 Å². The number of aliphatic hydroxyl groups excluding tert-OH is 1. The summed E-state index contributed by atoms with van der Waals surface area (Å²) in [6, 6.07) is 10.0. The van der Waals surface area contributed by atoms with Crippen molar-refractivity contribution in [1.82, 2.24) is 19.6 Å². The fourth-order valence-corrected chi connectivity index (χ4v) is 2.77. The van der Waals surface area contributed by atoms with Gasteiger partial charge in [-0.15, -0.1) is 0 Å². The van der Waals surface area contributed by atoms with Gasteiger partial charge in [0.25, 0.3) is 0 Å². The molecular formula is C16H20N4O. The van der Waals surface area contributed by atoms with Gasteiger partial charge in [0.05, 0.1) is 16.9 Å². The van der Waals surface area contributed by atoms with Crippen LogP contribution in [0.1, 0.15) is 31.3 Å². The summed E-state index contributed by atoms with van der Waals surface area (Å²) in [6.45, 7) is 5.67. The number of para-hydroxylation sites is 1. The first-order valence-corrected chi connectivity index (χ1v) is 7.38. The van der Waals surface area contributed by atoms with Crippen molar-refractivity contribution in [2.75, 3.05) is 0 Å². The molecule has 1 aromatic carbocycles. The summed E-state index contributed by atoms with van der Waals surface area (Å²) in [6.07, 6.45) is 1.64. The van der Waals surface area contributed by atoms with Gasteiger partial charge >= 0.3 is 0 Å². The first kappa shape index (κ1) is 13.8. The number of fused-ring (bicyclic) bond motifs is 1. The highest BCUT2D eigenvalue weighted by molar-refractivity contribution is 5.82. The number of hydrogen-bond donors (Lipinski definition) is 1. The van der Waals surface area contributed by atoms with Crippen molar-refractivity contribution in [3.05, 3.63) is 47.9 Å². The molecular weight excluding hydrogens is 264 g/mol. The minimum atomic E-state index is -0.587. The Kier molecular flexibility index (Phi) is 3.75. The van der Waals surface area contributed by atoms with Crippen molar-refractivity contribution >= 4 is 10.9 Å². The summed E-state index contributed by atoms with van der Waals surface area (Å²) in [5.41, 5.74) is 2.89. The number of rotatable bonds is 5. The molecule has 1 atom stereocenters. The Morgan fingerprint density at radius 2 is 1.86 bits per heavy atom. The number of aliphatic hydroxyl groups is 1. The zero-order valence-electron chi connectivity index (χ0n) is 12.4. The van der Waals surface area contributed by atoms with Gasteiger partial charge in [0.15, 0.2) is 0 Å². The lowest BCUT2D eigenvalue weighted by Gasteiger charge is -2.11. The van der Waals surface area contributed by atoms with E-state index in [0.29, 0.717) is 6.42 Å². The molecule has 3 aromatic rings. The highest BCUT2D eigenvalue weighted by atomic mass is 16.3. The zero-order valence-corrected chi connectivity index (χ0v) is 12.4. The Labute approximate surface area is 123 Å². The quantitative estimate of drug-likeness (QED) is 0.783. The van der Waals surface area contributed by atoms with Gasteiger partial charge in [0, 0.05) is 31.1 Å². The van der Waals surface area contributed by atoms with Crippen LogP contribution in [-0.2, 0) is 19.5 Å². The van der Waals surface area contributed by atoms with Crippen molar-refractivity contribution in [3.63, 3.8) is 0 Å². The van der Waals surface area contributed by atoms with Gasteiger partial charge in [-0.1, -0.05) is 18.2 Å². The molecule has 0 saturated carbocycles. The molecule has 110 valence electrons. The Hall–Kier alpha value is -2.14. The minimum absolute atomic E-state index is 0.499.